The fourth-order valence-corrected chi connectivity index (χ4v) is 1.13. The summed E-state index contributed by atoms with van der Waals surface area (Å²) >= 11 is 0. The van der Waals surface area contributed by atoms with Crippen LogP contribution in [-0.4, -0.2) is 13.1 Å². The lowest BCUT2D eigenvalue weighted by atomic mass is 10.1. The van der Waals surface area contributed by atoms with E-state index in [0.717, 1.165) is 5.56 Å². The molecule has 0 spiro atoms. The first-order valence-electron chi connectivity index (χ1n) is 4.24. The molecule has 4 heteroatoms. The molecular weight excluding hydrogens is 185 g/mol. The van der Waals surface area contributed by atoms with Crippen molar-refractivity contribution in [2.45, 2.75) is 12.8 Å². The van der Waals surface area contributed by atoms with Crippen molar-refractivity contribution in [3.05, 3.63) is 29.6 Å². The van der Waals surface area contributed by atoms with Gasteiger partial charge in [0, 0.05) is 12.1 Å². The largest absolute Gasteiger partial charge is 0.469 e. The minimum Gasteiger partial charge on any atom is -0.469 e. The van der Waals surface area contributed by atoms with Crippen LogP contribution < -0.4 is 5.73 Å². The number of carbonyl (C=O) groups is 1. The Kier molecular flexibility index (Phi) is 3.45. The SMILES string of the molecule is COC(=O)CCc1ccc(F)cc1N. The van der Waals surface area contributed by atoms with Gasteiger partial charge >= 0.3 is 5.97 Å². The van der Waals surface area contributed by atoms with E-state index < -0.39 is 0 Å². The highest BCUT2D eigenvalue weighted by Gasteiger charge is 2.04. The average Bonchev–Trinajstić information content (AvgIpc) is 2.16. The van der Waals surface area contributed by atoms with Crippen LogP contribution in [0.1, 0.15) is 12.0 Å². The molecule has 1 aromatic carbocycles. The molecule has 1 aromatic rings. The summed E-state index contributed by atoms with van der Waals surface area (Å²) in [6, 6.07) is 4.14. The van der Waals surface area contributed by atoms with Crippen molar-refractivity contribution in [1.29, 1.82) is 0 Å². The Balaban J connectivity index is 2.63. The Hall–Kier alpha value is -1.58. The summed E-state index contributed by atoms with van der Waals surface area (Å²) in [5.41, 5.74) is 6.69. The van der Waals surface area contributed by atoms with Gasteiger partial charge in [-0.15, -0.1) is 0 Å². The number of nitrogens with two attached hydrogens (primary N) is 1. The van der Waals surface area contributed by atoms with Crippen LogP contribution in [0.4, 0.5) is 10.1 Å². The molecule has 0 saturated heterocycles. The molecule has 3 nitrogen and oxygen atoms in total. The molecule has 0 unspecified atom stereocenters. The van der Waals surface area contributed by atoms with Gasteiger partial charge in [0.25, 0.3) is 0 Å². The second kappa shape index (κ2) is 4.60. The van der Waals surface area contributed by atoms with Gasteiger partial charge in [0.2, 0.25) is 0 Å². The van der Waals surface area contributed by atoms with Crippen molar-refractivity contribution in [3.8, 4) is 0 Å². The number of hydrogen-bond donors (Lipinski definition) is 1. The Bertz CT molecular complexity index is 339. The number of methoxy groups -OCH3 is 1. The zero-order valence-electron chi connectivity index (χ0n) is 7.92. The molecular formula is C10H12FNO2. The summed E-state index contributed by atoms with van der Waals surface area (Å²) in [4.78, 5) is 10.8. The van der Waals surface area contributed by atoms with Crippen molar-refractivity contribution < 1.29 is 13.9 Å². The van der Waals surface area contributed by atoms with Crippen LogP contribution >= 0.6 is 0 Å². The zero-order valence-corrected chi connectivity index (χ0v) is 7.92. The summed E-state index contributed by atoms with van der Waals surface area (Å²) in [6.07, 6.45) is 0.727. The van der Waals surface area contributed by atoms with Gasteiger partial charge in [-0.25, -0.2) is 4.39 Å². The van der Waals surface area contributed by atoms with Gasteiger partial charge < -0.3 is 10.5 Å². The topological polar surface area (TPSA) is 52.3 Å². The predicted molar refractivity (Wildman–Crippen MR) is 51.1 cm³/mol. The fourth-order valence-electron chi connectivity index (χ4n) is 1.13. The van der Waals surface area contributed by atoms with E-state index >= 15 is 0 Å². The number of hydrogen-bond acceptors (Lipinski definition) is 3. The first-order chi connectivity index (χ1) is 6.63. The lowest BCUT2D eigenvalue weighted by Gasteiger charge is -2.04. The van der Waals surface area contributed by atoms with Crippen LogP contribution in [0.3, 0.4) is 0 Å². The van der Waals surface area contributed by atoms with Crippen LogP contribution in [-0.2, 0) is 16.0 Å². The Morgan fingerprint density at radius 2 is 2.29 bits per heavy atom. The van der Waals surface area contributed by atoms with Crippen LogP contribution in [0.15, 0.2) is 18.2 Å². The van der Waals surface area contributed by atoms with Gasteiger partial charge in [-0.1, -0.05) is 6.07 Å². The number of esters is 1. The number of carbonyl (C=O) groups excluding carboxylic acids is 1. The lowest BCUT2D eigenvalue weighted by molar-refractivity contribution is -0.140. The fraction of sp³-hybridized carbons (Fsp3) is 0.300. The van der Waals surface area contributed by atoms with E-state index in [0.29, 0.717) is 12.1 Å². The maximum atomic E-state index is 12.6. The Morgan fingerprint density at radius 3 is 2.86 bits per heavy atom. The summed E-state index contributed by atoms with van der Waals surface area (Å²) < 4.78 is 17.1. The lowest BCUT2D eigenvalue weighted by Crippen LogP contribution is -2.03. The molecule has 14 heavy (non-hydrogen) atoms. The number of nitrogen functional groups attached to an aromatic ring is 1. The van der Waals surface area contributed by atoms with E-state index in [2.05, 4.69) is 4.74 Å². The molecule has 0 aliphatic heterocycles. The third kappa shape index (κ3) is 2.73. The molecule has 0 aromatic heterocycles. The molecule has 0 amide bonds. The number of aryl methyl sites for hydroxylation is 1. The molecule has 76 valence electrons. The van der Waals surface area contributed by atoms with Gasteiger partial charge in [0.05, 0.1) is 7.11 Å². The maximum Gasteiger partial charge on any atom is 0.305 e. The Morgan fingerprint density at radius 1 is 1.57 bits per heavy atom. The maximum absolute atomic E-state index is 12.6. The minimum atomic E-state index is -0.371. The number of halogens is 1. The molecule has 0 bridgehead atoms. The first-order valence-corrected chi connectivity index (χ1v) is 4.24. The van der Waals surface area contributed by atoms with E-state index in [1.54, 1.807) is 6.07 Å². The summed E-state index contributed by atoms with van der Waals surface area (Å²) in [7, 11) is 1.33. The number of rotatable bonds is 3. The second-order valence-corrected chi connectivity index (χ2v) is 2.92. The number of ether oxygens (including phenoxy) is 1. The molecule has 0 fully saturated rings. The van der Waals surface area contributed by atoms with Crippen molar-refractivity contribution in [3.63, 3.8) is 0 Å². The van der Waals surface area contributed by atoms with Crippen molar-refractivity contribution >= 4 is 11.7 Å². The van der Waals surface area contributed by atoms with Crippen molar-refractivity contribution in [2.24, 2.45) is 0 Å². The van der Waals surface area contributed by atoms with Gasteiger partial charge in [0.15, 0.2) is 0 Å². The second-order valence-electron chi connectivity index (χ2n) is 2.92. The molecule has 0 heterocycles. The van der Waals surface area contributed by atoms with Gasteiger partial charge in [-0.3, -0.25) is 4.79 Å². The van der Waals surface area contributed by atoms with Crippen molar-refractivity contribution in [1.82, 2.24) is 0 Å². The van der Waals surface area contributed by atoms with Gasteiger partial charge in [0.1, 0.15) is 5.82 Å². The normalized spacial score (nSPS) is 9.86. The molecule has 2 N–H and O–H groups in total. The zero-order chi connectivity index (χ0) is 10.6. The smallest absolute Gasteiger partial charge is 0.305 e. The van der Waals surface area contributed by atoms with E-state index in [1.165, 1.54) is 19.2 Å². The summed E-state index contributed by atoms with van der Waals surface area (Å²) in [6.45, 7) is 0. The molecule has 0 saturated carbocycles. The third-order valence-electron chi connectivity index (χ3n) is 1.93. The highest BCUT2D eigenvalue weighted by Crippen LogP contribution is 2.15. The standard InChI is InChI=1S/C10H12FNO2/c1-14-10(13)5-3-7-2-4-8(11)6-9(7)12/h2,4,6H,3,5,12H2,1H3. The summed E-state index contributed by atoms with van der Waals surface area (Å²) in [5, 5.41) is 0. The summed E-state index contributed by atoms with van der Waals surface area (Å²) in [5.74, 6) is -0.668. The van der Waals surface area contributed by atoms with E-state index in [-0.39, 0.29) is 18.2 Å². The van der Waals surface area contributed by atoms with Gasteiger partial charge in [-0.05, 0) is 24.1 Å². The number of benzene rings is 1. The highest BCUT2D eigenvalue weighted by atomic mass is 19.1. The molecule has 0 atom stereocenters. The van der Waals surface area contributed by atoms with Crippen LogP contribution in [0.2, 0.25) is 0 Å². The van der Waals surface area contributed by atoms with Crippen LogP contribution in [0.25, 0.3) is 0 Å². The van der Waals surface area contributed by atoms with Gasteiger partial charge in [-0.2, -0.15) is 0 Å². The average molecular weight is 197 g/mol. The predicted octanol–water partition coefficient (Wildman–Crippen LogP) is 1.51. The minimum absolute atomic E-state index is 0.256. The molecule has 0 aliphatic carbocycles. The molecule has 0 aliphatic rings. The monoisotopic (exact) mass is 197 g/mol. The number of anilines is 1. The van der Waals surface area contributed by atoms with E-state index in [9.17, 15) is 9.18 Å². The third-order valence-corrected chi connectivity index (χ3v) is 1.93. The molecule has 0 radical (unpaired) electrons. The van der Waals surface area contributed by atoms with E-state index in [4.69, 9.17) is 5.73 Å². The van der Waals surface area contributed by atoms with Crippen LogP contribution in [0.5, 0.6) is 0 Å². The van der Waals surface area contributed by atoms with Crippen LogP contribution in [0, 0.1) is 5.82 Å². The first kappa shape index (κ1) is 10.5. The molecule has 1 rings (SSSR count). The van der Waals surface area contributed by atoms with E-state index in [1.807, 2.05) is 0 Å². The Labute approximate surface area is 81.7 Å². The quantitative estimate of drug-likeness (QED) is 0.590. The van der Waals surface area contributed by atoms with Crippen molar-refractivity contribution in [2.75, 3.05) is 12.8 Å². The highest BCUT2D eigenvalue weighted by molar-refractivity contribution is 5.69.